The first kappa shape index (κ1) is 10.8. The minimum Gasteiger partial charge on any atom is -0.396 e. The fourth-order valence-electron chi connectivity index (χ4n) is 1.54. The highest BCUT2D eigenvalue weighted by atomic mass is 19.1. The summed E-state index contributed by atoms with van der Waals surface area (Å²) in [5, 5.41) is 12.8. The van der Waals surface area contributed by atoms with E-state index >= 15 is 0 Å². The van der Waals surface area contributed by atoms with Crippen LogP contribution in [0.3, 0.4) is 0 Å². The lowest BCUT2D eigenvalue weighted by molar-refractivity contribution is 0.288. The summed E-state index contributed by atoms with van der Waals surface area (Å²) in [7, 11) is 0. The van der Waals surface area contributed by atoms with Crippen LogP contribution in [-0.2, 0) is 6.42 Å². The van der Waals surface area contributed by atoms with Gasteiger partial charge in [-0.2, -0.15) is 5.10 Å². The molecule has 1 N–H and O–H groups in total. The van der Waals surface area contributed by atoms with E-state index in [1.54, 1.807) is 30.6 Å². The van der Waals surface area contributed by atoms with Crippen molar-refractivity contribution in [2.45, 2.75) is 12.8 Å². The van der Waals surface area contributed by atoms with Gasteiger partial charge >= 0.3 is 0 Å². The molecule has 0 saturated heterocycles. The van der Waals surface area contributed by atoms with Crippen molar-refractivity contribution in [2.24, 2.45) is 0 Å². The molecule has 0 unspecified atom stereocenters. The van der Waals surface area contributed by atoms with Crippen LogP contribution in [0, 0.1) is 5.82 Å². The second kappa shape index (κ2) is 4.90. The number of halogens is 1. The van der Waals surface area contributed by atoms with Crippen molar-refractivity contribution in [2.75, 3.05) is 6.61 Å². The van der Waals surface area contributed by atoms with Gasteiger partial charge in [-0.1, -0.05) is 12.1 Å². The number of aliphatic hydroxyl groups is 1. The van der Waals surface area contributed by atoms with E-state index in [-0.39, 0.29) is 12.4 Å². The molecule has 2 rings (SSSR count). The third-order valence-electron chi connectivity index (χ3n) is 2.36. The highest BCUT2D eigenvalue weighted by Gasteiger charge is 2.05. The van der Waals surface area contributed by atoms with Crippen molar-refractivity contribution >= 4 is 0 Å². The lowest BCUT2D eigenvalue weighted by Gasteiger charge is -2.01. The van der Waals surface area contributed by atoms with Gasteiger partial charge in [-0.15, -0.1) is 0 Å². The second-order valence-electron chi connectivity index (χ2n) is 3.57. The zero-order valence-electron chi connectivity index (χ0n) is 8.81. The maximum absolute atomic E-state index is 13.4. The molecule has 2 aromatic rings. The Morgan fingerprint density at radius 1 is 1.31 bits per heavy atom. The van der Waals surface area contributed by atoms with Crippen LogP contribution in [0.4, 0.5) is 4.39 Å². The number of aromatic nitrogens is 2. The molecule has 1 aromatic carbocycles. The number of hydrogen-bond acceptors (Lipinski definition) is 2. The summed E-state index contributed by atoms with van der Waals surface area (Å²) < 4.78 is 15.0. The van der Waals surface area contributed by atoms with Crippen LogP contribution in [0.25, 0.3) is 5.69 Å². The van der Waals surface area contributed by atoms with Crippen LogP contribution in [0.5, 0.6) is 0 Å². The smallest absolute Gasteiger partial charge is 0.148 e. The quantitative estimate of drug-likeness (QED) is 0.855. The van der Waals surface area contributed by atoms with E-state index in [0.717, 1.165) is 12.0 Å². The Morgan fingerprint density at radius 2 is 2.12 bits per heavy atom. The number of aliphatic hydroxyl groups excluding tert-OH is 1. The molecular formula is C12H13FN2O. The largest absolute Gasteiger partial charge is 0.396 e. The van der Waals surface area contributed by atoms with Crippen LogP contribution in [0.15, 0.2) is 36.7 Å². The van der Waals surface area contributed by atoms with Gasteiger partial charge in [-0.25, -0.2) is 9.07 Å². The highest BCUT2D eigenvalue weighted by Crippen LogP contribution is 2.13. The molecule has 1 heterocycles. The van der Waals surface area contributed by atoms with Gasteiger partial charge in [0.05, 0.1) is 6.20 Å². The number of benzene rings is 1. The van der Waals surface area contributed by atoms with Gasteiger partial charge in [0.25, 0.3) is 0 Å². The van der Waals surface area contributed by atoms with E-state index in [1.165, 1.54) is 10.7 Å². The third-order valence-corrected chi connectivity index (χ3v) is 2.36. The summed E-state index contributed by atoms with van der Waals surface area (Å²) in [6.07, 6.45) is 4.93. The Kier molecular flexibility index (Phi) is 3.31. The summed E-state index contributed by atoms with van der Waals surface area (Å²) in [6.45, 7) is 0.158. The lowest BCUT2D eigenvalue weighted by Crippen LogP contribution is -1.97. The fourth-order valence-corrected chi connectivity index (χ4v) is 1.54. The lowest BCUT2D eigenvalue weighted by atomic mass is 10.2. The molecule has 0 bridgehead atoms. The molecule has 0 aliphatic carbocycles. The Hall–Kier alpha value is -1.68. The number of para-hydroxylation sites is 1. The molecule has 84 valence electrons. The van der Waals surface area contributed by atoms with E-state index in [0.29, 0.717) is 12.1 Å². The van der Waals surface area contributed by atoms with Crippen LogP contribution in [-0.4, -0.2) is 21.5 Å². The van der Waals surface area contributed by atoms with Gasteiger partial charge in [0.15, 0.2) is 0 Å². The van der Waals surface area contributed by atoms with Crippen molar-refractivity contribution in [3.8, 4) is 5.69 Å². The molecule has 0 atom stereocenters. The predicted molar refractivity (Wildman–Crippen MR) is 58.9 cm³/mol. The second-order valence-corrected chi connectivity index (χ2v) is 3.57. The van der Waals surface area contributed by atoms with Crippen LogP contribution < -0.4 is 0 Å². The molecule has 0 saturated carbocycles. The fraction of sp³-hybridized carbons (Fsp3) is 0.250. The molecule has 3 nitrogen and oxygen atoms in total. The SMILES string of the molecule is OCCCc1cnn(-c2ccccc2F)c1. The number of rotatable bonds is 4. The van der Waals surface area contributed by atoms with E-state index < -0.39 is 0 Å². The molecule has 0 aliphatic rings. The first-order valence-corrected chi connectivity index (χ1v) is 5.20. The van der Waals surface area contributed by atoms with Crippen molar-refractivity contribution in [1.29, 1.82) is 0 Å². The van der Waals surface area contributed by atoms with Gasteiger partial charge in [0.2, 0.25) is 0 Å². The van der Waals surface area contributed by atoms with Crippen molar-refractivity contribution in [3.63, 3.8) is 0 Å². The number of aryl methyl sites for hydroxylation is 1. The van der Waals surface area contributed by atoms with Crippen molar-refractivity contribution in [3.05, 3.63) is 48.0 Å². The number of nitrogens with zero attached hydrogens (tertiary/aromatic N) is 2. The first-order chi connectivity index (χ1) is 7.81. The standard InChI is InChI=1S/C12H13FN2O/c13-11-5-1-2-6-12(11)15-9-10(8-14-15)4-3-7-16/h1-2,5-6,8-9,16H,3-4,7H2. The monoisotopic (exact) mass is 220 g/mol. The average molecular weight is 220 g/mol. The minimum absolute atomic E-state index is 0.158. The van der Waals surface area contributed by atoms with Gasteiger partial charge in [0.1, 0.15) is 11.5 Å². The van der Waals surface area contributed by atoms with Crippen LogP contribution in [0.2, 0.25) is 0 Å². The zero-order valence-corrected chi connectivity index (χ0v) is 8.81. The van der Waals surface area contributed by atoms with E-state index in [2.05, 4.69) is 5.10 Å². The number of hydrogen-bond donors (Lipinski definition) is 1. The van der Waals surface area contributed by atoms with Gasteiger partial charge < -0.3 is 5.11 Å². The normalized spacial score (nSPS) is 10.6. The topological polar surface area (TPSA) is 38.1 Å². The maximum atomic E-state index is 13.4. The Balaban J connectivity index is 2.22. The van der Waals surface area contributed by atoms with Crippen molar-refractivity contribution in [1.82, 2.24) is 9.78 Å². The molecule has 4 heteroatoms. The highest BCUT2D eigenvalue weighted by molar-refractivity contribution is 5.32. The molecule has 1 aromatic heterocycles. The Morgan fingerprint density at radius 3 is 2.88 bits per heavy atom. The zero-order chi connectivity index (χ0) is 11.4. The van der Waals surface area contributed by atoms with E-state index in [1.807, 2.05) is 0 Å². The minimum atomic E-state index is -0.292. The van der Waals surface area contributed by atoms with E-state index in [4.69, 9.17) is 5.11 Å². The summed E-state index contributed by atoms with van der Waals surface area (Å²) in [5.41, 5.74) is 1.44. The molecular weight excluding hydrogens is 207 g/mol. The Labute approximate surface area is 93.2 Å². The van der Waals surface area contributed by atoms with Gasteiger partial charge in [-0.05, 0) is 30.5 Å². The average Bonchev–Trinajstić information content (AvgIpc) is 2.75. The summed E-state index contributed by atoms with van der Waals surface area (Å²) in [4.78, 5) is 0. The summed E-state index contributed by atoms with van der Waals surface area (Å²) >= 11 is 0. The Bertz CT molecular complexity index is 468. The molecule has 0 amide bonds. The third kappa shape index (κ3) is 2.28. The molecule has 0 aliphatic heterocycles. The van der Waals surface area contributed by atoms with Crippen molar-refractivity contribution < 1.29 is 9.50 Å². The molecule has 0 fully saturated rings. The van der Waals surface area contributed by atoms with Gasteiger partial charge in [0, 0.05) is 12.8 Å². The summed E-state index contributed by atoms with van der Waals surface area (Å²) in [6, 6.07) is 6.51. The van der Waals surface area contributed by atoms with Gasteiger partial charge in [-0.3, -0.25) is 0 Å². The predicted octanol–water partition coefficient (Wildman–Crippen LogP) is 1.94. The maximum Gasteiger partial charge on any atom is 0.148 e. The molecule has 16 heavy (non-hydrogen) atoms. The first-order valence-electron chi connectivity index (χ1n) is 5.20. The molecule has 0 spiro atoms. The van der Waals surface area contributed by atoms with E-state index in [9.17, 15) is 4.39 Å². The van der Waals surface area contributed by atoms with Crippen LogP contribution in [0.1, 0.15) is 12.0 Å². The molecule has 0 radical (unpaired) electrons. The van der Waals surface area contributed by atoms with Crippen LogP contribution >= 0.6 is 0 Å². The summed E-state index contributed by atoms with van der Waals surface area (Å²) in [5.74, 6) is -0.292.